The fourth-order valence-electron chi connectivity index (χ4n) is 3.98. The van der Waals surface area contributed by atoms with Crippen molar-refractivity contribution in [2.45, 2.75) is 45.7 Å². The fourth-order valence-corrected chi connectivity index (χ4v) is 3.98. The molecule has 0 radical (unpaired) electrons. The first kappa shape index (κ1) is 26.2. The molecule has 0 aromatic heterocycles. The lowest BCUT2D eigenvalue weighted by Gasteiger charge is -2.43. The second-order valence-corrected chi connectivity index (χ2v) is 7.33. The molecular weight excluding hydrogens is 404 g/mol. The van der Waals surface area contributed by atoms with E-state index in [2.05, 4.69) is 0 Å². The van der Waals surface area contributed by atoms with Crippen LogP contribution in [0.2, 0.25) is 0 Å². The van der Waals surface area contributed by atoms with E-state index in [1.165, 1.54) is 0 Å². The average molecular weight is 439 g/mol. The summed E-state index contributed by atoms with van der Waals surface area (Å²) in [7, 11) is 3.15. The van der Waals surface area contributed by atoms with E-state index < -0.39 is 12.0 Å². The van der Waals surface area contributed by atoms with E-state index in [0.717, 1.165) is 5.56 Å². The molecule has 9 nitrogen and oxygen atoms in total. The SMILES string of the molecule is CCN1C(=O)CC[C@@H](C(=O)N(CCO)C(C)C)[C@@H]1c1ccc(OC)cc1OC.O=CO. The maximum atomic E-state index is 13.4. The van der Waals surface area contributed by atoms with Crippen molar-refractivity contribution in [2.75, 3.05) is 33.9 Å². The Morgan fingerprint density at radius 2 is 1.97 bits per heavy atom. The quantitative estimate of drug-likeness (QED) is 0.596. The van der Waals surface area contributed by atoms with Crippen molar-refractivity contribution in [2.24, 2.45) is 5.92 Å². The van der Waals surface area contributed by atoms with Gasteiger partial charge in [0.1, 0.15) is 11.5 Å². The number of carboxylic acid groups (broad SMARTS) is 1. The standard InChI is InChI=1S/C21H32N2O5.CH2O2/c1-6-22-19(25)10-9-17(21(26)23(11-12-24)14(2)3)20(22)16-8-7-15(27-4)13-18(16)28-5;2-1-3/h7-8,13-14,17,20,24H,6,9-12H2,1-5H3;1H,(H,2,3)/t17-,20+;/m1./s1. The van der Waals surface area contributed by atoms with E-state index in [9.17, 15) is 14.7 Å². The fraction of sp³-hybridized carbons (Fsp3) is 0.591. The smallest absolute Gasteiger partial charge is 0.290 e. The van der Waals surface area contributed by atoms with Crippen LogP contribution in [0.1, 0.15) is 45.2 Å². The number of methoxy groups -OCH3 is 2. The first-order valence-corrected chi connectivity index (χ1v) is 10.3. The molecule has 9 heteroatoms. The molecule has 31 heavy (non-hydrogen) atoms. The largest absolute Gasteiger partial charge is 0.497 e. The van der Waals surface area contributed by atoms with Crippen LogP contribution in [0.5, 0.6) is 11.5 Å². The summed E-state index contributed by atoms with van der Waals surface area (Å²) in [6, 6.07) is 5.01. The van der Waals surface area contributed by atoms with Crippen LogP contribution in [-0.4, -0.2) is 78.3 Å². The first-order valence-electron chi connectivity index (χ1n) is 10.3. The Balaban J connectivity index is 0.00000151. The topological polar surface area (TPSA) is 117 Å². The molecule has 1 fully saturated rings. The molecule has 1 heterocycles. The van der Waals surface area contributed by atoms with E-state index in [4.69, 9.17) is 19.4 Å². The van der Waals surface area contributed by atoms with Crippen LogP contribution in [0.4, 0.5) is 0 Å². The highest BCUT2D eigenvalue weighted by Crippen LogP contribution is 2.42. The molecule has 1 aliphatic heterocycles. The number of amides is 2. The number of piperidine rings is 1. The number of benzene rings is 1. The van der Waals surface area contributed by atoms with Crippen LogP contribution in [0.15, 0.2) is 18.2 Å². The average Bonchev–Trinajstić information content (AvgIpc) is 2.76. The summed E-state index contributed by atoms with van der Waals surface area (Å²) in [5.74, 6) is 0.839. The minimum absolute atomic E-state index is 0.0349. The van der Waals surface area contributed by atoms with Crippen molar-refractivity contribution in [3.8, 4) is 11.5 Å². The number of rotatable bonds is 8. The monoisotopic (exact) mass is 438 g/mol. The molecule has 2 N–H and O–H groups in total. The van der Waals surface area contributed by atoms with Crippen LogP contribution in [-0.2, 0) is 14.4 Å². The van der Waals surface area contributed by atoms with Crippen molar-refractivity contribution in [3.63, 3.8) is 0 Å². The van der Waals surface area contributed by atoms with E-state index in [0.29, 0.717) is 30.9 Å². The van der Waals surface area contributed by atoms with Gasteiger partial charge in [-0.1, -0.05) is 0 Å². The number of hydrogen-bond donors (Lipinski definition) is 2. The molecule has 174 valence electrons. The van der Waals surface area contributed by atoms with Crippen LogP contribution >= 0.6 is 0 Å². The molecule has 0 aliphatic carbocycles. The molecule has 0 saturated carbocycles. The maximum absolute atomic E-state index is 13.4. The van der Waals surface area contributed by atoms with E-state index in [1.54, 1.807) is 30.1 Å². The minimum atomic E-state index is -0.417. The third kappa shape index (κ3) is 6.33. The lowest BCUT2D eigenvalue weighted by molar-refractivity contribution is -0.149. The molecular formula is C22H34N2O7. The molecule has 2 amide bonds. The molecule has 1 aromatic rings. The highest BCUT2D eigenvalue weighted by Gasteiger charge is 2.43. The number of ether oxygens (including phenoxy) is 2. The molecule has 1 saturated heterocycles. The summed E-state index contributed by atoms with van der Waals surface area (Å²) in [6.07, 6.45) is 0.812. The van der Waals surface area contributed by atoms with Gasteiger partial charge in [-0.05, 0) is 39.3 Å². The molecule has 0 bridgehead atoms. The lowest BCUT2D eigenvalue weighted by Crippen LogP contribution is -2.51. The summed E-state index contributed by atoms with van der Waals surface area (Å²) in [5.41, 5.74) is 0.796. The van der Waals surface area contributed by atoms with Crippen LogP contribution < -0.4 is 9.47 Å². The number of carbonyl (C=O) groups excluding carboxylic acids is 2. The van der Waals surface area contributed by atoms with E-state index in [-0.39, 0.29) is 37.5 Å². The molecule has 0 spiro atoms. The molecule has 2 rings (SSSR count). The summed E-state index contributed by atoms with van der Waals surface area (Å²) >= 11 is 0. The Hall–Kier alpha value is -2.81. The second kappa shape index (κ2) is 12.8. The van der Waals surface area contributed by atoms with Crippen molar-refractivity contribution < 1.29 is 34.1 Å². The zero-order valence-electron chi connectivity index (χ0n) is 18.9. The number of hydrogen-bond acceptors (Lipinski definition) is 6. The Morgan fingerprint density at radius 1 is 1.32 bits per heavy atom. The second-order valence-electron chi connectivity index (χ2n) is 7.33. The zero-order chi connectivity index (χ0) is 23.6. The Labute approximate surface area is 183 Å². The Bertz CT molecular complexity index is 739. The maximum Gasteiger partial charge on any atom is 0.290 e. The highest BCUT2D eigenvalue weighted by molar-refractivity contribution is 5.85. The predicted octanol–water partition coefficient (Wildman–Crippen LogP) is 1.93. The summed E-state index contributed by atoms with van der Waals surface area (Å²) in [5, 5.41) is 16.3. The zero-order valence-corrected chi connectivity index (χ0v) is 18.9. The van der Waals surface area contributed by atoms with Crippen molar-refractivity contribution in [3.05, 3.63) is 23.8 Å². The Morgan fingerprint density at radius 3 is 2.45 bits per heavy atom. The van der Waals surface area contributed by atoms with Gasteiger partial charge < -0.3 is 29.5 Å². The molecule has 1 aliphatic rings. The third-order valence-corrected chi connectivity index (χ3v) is 5.37. The highest BCUT2D eigenvalue weighted by atomic mass is 16.5. The van der Waals surface area contributed by atoms with Crippen molar-refractivity contribution in [1.29, 1.82) is 0 Å². The number of aliphatic hydroxyl groups excluding tert-OH is 1. The van der Waals surface area contributed by atoms with Gasteiger partial charge in [0.15, 0.2) is 0 Å². The molecule has 1 aromatic carbocycles. The number of nitrogens with zero attached hydrogens (tertiary/aromatic N) is 2. The number of carbonyl (C=O) groups is 3. The predicted molar refractivity (Wildman–Crippen MR) is 115 cm³/mol. The minimum Gasteiger partial charge on any atom is -0.497 e. The van der Waals surface area contributed by atoms with Crippen LogP contribution in [0, 0.1) is 5.92 Å². The van der Waals surface area contributed by atoms with Gasteiger partial charge in [-0.15, -0.1) is 0 Å². The van der Waals surface area contributed by atoms with Gasteiger partial charge in [0.05, 0.1) is 32.8 Å². The first-order chi connectivity index (χ1) is 14.8. The number of aliphatic hydroxyl groups is 1. The molecule has 2 atom stereocenters. The summed E-state index contributed by atoms with van der Waals surface area (Å²) in [4.78, 5) is 37.9. The Kier molecular flexibility index (Phi) is 10.8. The van der Waals surface area contributed by atoms with E-state index >= 15 is 0 Å². The molecule has 0 unspecified atom stereocenters. The van der Waals surface area contributed by atoms with Gasteiger partial charge in [-0.25, -0.2) is 0 Å². The number of likely N-dealkylation sites (tertiary alicyclic amines) is 1. The van der Waals surface area contributed by atoms with Crippen molar-refractivity contribution in [1.82, 2.24) is 9.80 Å². The van der Waals surface area contributed by atoms with E-state index in [1.807, 2.05) is 32.9 Å². The third-order valence-electron chi connectivity index (χ3n) is 5.37. The normalized spacial score (nSPS) is 18.2. The van der Waals surface area contributed by atoms with Gasteiger partial charge in [0.2, 0.25) is 11.8 Å². The summed E-state index contributed by atoms with van der Waals surface area (Å²) < 4.78 is 10.9. The van der Waals surface area contributed by atoms with Gasteiger partial charge >= 0.3 is 0 Å². The van der Waals surface area contributed by atoms with Gasteiger partial charge in [0.25, 0.3) is 6.47 Å². The van der Waals surface area contributed by atoms with Crippen molar-refractivity contribution >= 4 is 18.3 Å². The van der Waals surface area contributed by atoms with Gasteiger partial charge in [-0.3, -0.25) is 14.4 Å². The van der Waals surface area contributed by atoms with Gasteiger partial charge in [-0.2, -0.15) is 0 Å². The summed E-state index contributed by atoms with van der Waals surface area (Å²) in [6.45, 7) is 6.22. The lowest BCUT2D eigenvalue weighted by atomic mass is 9.82. The van der Waals surface area contributed by atoms with Crippen LogP contribution in [0.25, 0.3) is 0 Å². The van der Waals surface area contributed by atoms with Gasteiger partial charge in [0, 0.05) is 37.2 Å². The van der Waals surface area contributed by atoms with Crippen LogP contribution in [0.3, 0.4) is 0 Å².